The van der Waals surface area contributed by atoms with Crippen molar-refractivity contribution in [2.45, 2.75) is 38.1 Å². The molecule has 1 aliphatic rings. The minimum Gasteiger partial charge on any atom is -0.374 e. The Bertz CT molecular complexity index is 967. The quantitative estimate of drug-likeness (QED) is 0.471. The first kappa shape index (κ1) is 22.2. The molecule has 0 aliphatic carbocycles. The average molecular weight is 433 g/mol. The number of nitrogens with zero attached hydrogens (tertiary/aromatic N) is 1. The summed E-state index contributed by atoms with van der Waals surface area (Å²) in [5.74, 6) is 0.354. The summed E-state index contributed by atoms with van der Waals surface area (Å²) in [5, 5.41) is 9.70. The molecule has 1 heterocycles. The Balaban J connectivity index is 1.43. The minimum absolute atomic E-state index is 0.308. The fourth-order valence-electron chi connectivity index (χ4n) is 3.68. The molecule has 3 aromatic carbocycles. The molecule has 4 rings (SSSR count). The third-order valence-electron chi connectivity index (χ3n) is 5.32. The van der Waals surface area contributed by atoms with Gasteiger partial charge in [0.1, 0.15) is 18.2 Å². The van der Waals surface area contributed by atoms with E-state index in [1.807, 2.05) is 91.0 Å². The molecule has 166 valence electrons. The Hall–Kier alpha value is -3.03. The Labute approximate surface area is 188 Å². The van der Waals surface area contributed by atoms with E-state index in [1.165, 1.54) is 0 Å². The summed E-state index contributed by atoms with van der Waals surface area (Å²) in [6.07, 6.45) is -0.932. The molecule has 0 amide bonds. The predicted octanol–water partition coefficient (Wildman–Crippen LogP) is 4.13. The highest BCUT2D eigenvalue weighted by molar-refractivity contribution is 5.88. The summed E-state index contributed by atoms with van der Waals surface area (Å²) in [5.41, 5.74) is 5.39. The lowest BCUT2D eigenvalue weighted by Crippen LogP contribution is -2.43. The van der Waals surface area contributed by atoms with Crippen molar-refractivity contribution in [2.75, 3.05) is 6.61 Å². The van der Waals surface area contributed by atoms with E-state index in [0.717, 1.165) is 16.7 Å². The van der Waals surface area contributed by atoms with Crippen molar-refractivity contribution in [3.8, 4) is 0 Å². The van der Waals surface area contributed by atoms with Gasteiger partial charge in [-0.05, 0) is 16.7 Å². The molecule has 6 nitrogen and oxygen atoms in total. The summed E-state index contributed by atoms with van der Waals surface area (Å²) >= 11 is 0. The Morgan fingerprint density at radius 3 is 1.72 bits per heavy atom. The second kappa shape index (κ2) is 11.5. The van der Waals surface area contributed by atoms with E-state index in [2.05, 4.69) is 10.5 Å². The third kappa shape index (κ3) is 6.02. The molecule has 3 aromatic rings. The first-order valence-corrected chi connectivity index (χ1v) is 10.7. The topological polar surface area (TPSA) is 72.3 Å². The number of rotatable bonds is 10. The molecule has 0 spiro atoms. The van der Waals surface area contributed by atoms with Gasteiger partial charge in [0.15, 0.2) is 5.84 Å². The lowest BCUT2D eigenvalue weighted by atomic mass is 10.1. The van der Waals surface area contributed by atoms with Crippen LogP contribution in [0.2, 0.25) is 0 Å². The lowest BCUT2D eigenvalue weighted by molar-refractivity contribution is -0.0712. The summed E-state index contributed by atoms with van der Waals surface area (Å²) < 4.78 is 18.4. The van der Waals surface area contributed by atoms with Crippen molar-refractivity contribution < 1.29 is 19.4 Å². The number of aliphatic imine (C=N–C) groups is 1. The Kier molecular flexibility index (Phi) is 8.00. The van der Waals surface area contributed by atoms with Crippen molar-refractivity contribution in [1.29, 1.82) is 0 Å². The molecule has 0 fully saturated rings. The van der Waals surface area contributed by atoms with Crippen molar-refractivity contribution >= 4 is 5.84 Å². The SMILES string of the molecule is ONC1=N[C@@H](COCc2ccccc2)[C@H](OCc2ccccc2)[C@H]1OCc1ccccc1. The van der Waals surface area contributed by atoms with E-state index >= 15 is 0 Å². The monoisotopic (exact) mass is 432 g/mol. The molecular weight excluding hydrogens is 404 g/mol. The van der Waals surface area contributed by atoms with Crippen LogP contribution in [0.4, 0.5) is 0 Å². The van der Waals surface area contributed by atoms with Crippen LogP contribution in [0.15, 0.2) is 96.0 Å². The van der Waals surface area contributed by atoms with E-state index in [1.54, 1.807) is 0 Å². The first-order valence-electron chi connectivity index (χ1n) is 10.7. The highest BCUT2D eigenvalue weighted by atomic mass is 16.6. The van der Waals surface area contributed by atoms with E-state index in [9.17, 15) is 5.21 Å². The number of hydroxylamine groups is 1. The fourth-order valence-corrected chi connectivity index (χ4v) is 3.68. The van der Waals surface area contributed by atoms with Gasteiger partial charge in [0, 0.05) is 0 Å². The maximum atomic E-state index is 9.70. The van der Waals surface area contributed by atoms with Gasteiger partial charge in [0.25, 0.3) is 0 Å². The van der Waals surface area contributed by atoms with Crippen LogP contribution in [0.1, 0.15) is 16.7 Å². The summed E-state index contributed by atoms with van der Waals surface area (Å²) in [4.78, 5) is 4.61. The van der Waals surface area contributed by atoms with E-state index < -0.39 is 12.2 Å². The lowest BCUT2D eigenvalue weighted by Gasteiger charge is -2.25. The van der Waals surface area contributed by atoms with Crippen molar-refractivity contribution in [3.63, 3.8) is 0 Å². The van der Waals surface area contributed by atoms with Crippen LogP contribution in [0.3, 0.4) is 0 Å². The van der Waals surface area contributed by atoms with Crippen LogP contribution in [0.5, 0.6) is 0 Å². The van der Waals surface area contributed by atoms with E-state index in [4.69, 9.17) is 14.2 Å². The van der Waals surface area contributed by atoms with Gasteiger partial charge >= 0.3 is 0 Å². The predicted molar refractivity (Wildman–Crippen MR) is 122 cm³/mol. The molecule has 0 radical (unpaired) electrons. The zero-order valence-electron chi connectivity index (χ0n) is 17.8. The smallest absolute Gasteiger partial charge is 0.153 e. The number of hydrogen-bond donors (Lipinski definition) is 2. The zero-order chi connectivity index (χ0) is 22.0. The summed E-state index contributed by atoms with van der Waals surface area (Å²) in [7, 11) is 0. The molecule has 0 saturated heterocycles. The standard InChI is InChI=1S/C26H28N2O4/c29-28-26-25(32-18-22-14-8-3-9-15-22)24(31-17-21-12-6-2-7-13-21)23(27-26)19-30-16-20-10-4-1-5-11-20/h1-15,23-25,29H,16-19H2,(H,27,28)/t23-,24-,25+/m0/s1. The van der Waals surface area contributed by atoms with Crippen LogP contribution in [-0.4, -0.2) is 35.9 Å². The first-order chi connectivity index (χ1) is 15.8. The highest BCUT2D eigenvalue weighted by Gasteiger charge is 2.41. The number of nitrogens with one attached hydrogen (secondary N) is 1. The molecule has 2 N–H and O–H groups in total. The van der Waals surface area contributed by atoms with Gasteiger partial charge in [-0.15, -0.1) is 0 Å². The van der Waals surface area contributed by atoms with E-state index in [0.29, 0.717) is 32.3 Å². The number of ether oxygens (including phenoxy) is 3. The molecule has 6 heteroatoms. The van der Waals surface area contributed by atoms with Crippen LogP contribution >= 0.6 is 0 Å². The number of amidine groups is 1. The number of hydrogen-bond acceptors (Lipinski definition) is 6. The van der Waals surface area contributed by atoms with Gasteiger partial charge in [-0.1, -0.05) is 91.0 Å². The zero-order valence-corrected chi connectivity index (χ0v) is 17.8. The second-order valence-corrected chi connectivity index (χ2v) is 7.67. The van der Waals surface area contributed by atoms with Crippen LogP contribution < -0.4 is 5.48 Å². The van der Waals surface area contributed by atoms with Crippen LogP contribution in [0, 0.1) is 0 Å². The van der Waals surface area contributed by atoms with Crippen molar-refractivity contribution in [3.05, 3.63) is 108 Å². The number of benzene rings is 3. The van der Waals surface area contributed by atoms with E-state index in [-0.39, 0.29) is 6.04 Å². The molecule has 0 unspecified atom stereocenters. The highest BCUT2D eigenvalue weighted by Crippen LogP contribution is 2.24. The van der Waals surface area contributed by atoms with Crippen molar-refractivity contribution in [2.24, 2.45) is 4.99 Å². The summed E-state index contributed by atoms with van der Waals surface area (Å²) in [6.45, 7) is 1.63. The molecule has 1 aliphatic heterocycles. The molecular formula is C26H28N2O4. The molecule has 32 heavy (non-hydrogen) atoms. The second-order valence-electron chi connectivity index (χ2n) is 7.67. The maximum absolute atomic E-state index is 9.70. The van der Waals surface area contributed by atoms with Crippen LogP contribution in [-0.2, 0) is 34.0 Å². The third-order valence-corrected chi connectivity index (χ3v) is 5.32. The van der Waals surface area contributed by atoms with Gasteiger partial charge in [-0.25, -0.2) is 0 Å². The normalized spacial score (nSPS) is 20.2. The Morgan fingerprint density at radius 2 is 1.19 bits per heavy atom. The van der Waals surface area contributed by atoms with Gasteiger partial charge in [-0.2, -0.15) is 0 Å². The molecule has 3 atom stereocenters. The minimum atomic E-state index is -0.533. The Morgan fingerprint density at radius 1 is 0.688 bits per heavy atom. The van der Waals surface area contributed by atoms with Gasteiger partial charge in [0.2, 0.25) is 0 Å². The fraction of sp³-hybridized carbons (Fsp3) is 0.269. The summed E-state index contributed by atoms with van der Waals surface area (Å²) in [6, 6.07) is 29.6. The van der Waals surface area contributed by atoms with Crippen LogP contribution in [0.25, 0.3) is 0 Å². The molecule has 0 bridgehead atoms. The maximum Gasteiger partial charge on any atom is 0.153 e. The van der Waals surface area contributed by atoms with Gasteiger partial charge in [-0.3, -0.25) is 15.7 Å². The molecule has 0 saturated carbocycles. The van der Waals surface area contributed by atoms with Gasteiger partial charge in [0.05, 0.1) is 26.4 Å². The van der Waals surface area contributed by atoms with Gasteiger partial charge < -0.3 is 14.2 Å². The largest absolute Gasteiger partial charge is 0.374 e. The molecule has 0 aromatic heterocycles. The average Bonchev–Trinajstić information content (AvgIpc) is 3.19. The van der Waals surface area contributed by atoms with Crippen molar-refractivity contribution in [1.82, 2.24) is 5.48 Å².